The van der Waals surface area contributed by atoms with Crippen LogP contribution in [0.25, 0.3) is 0 Å². The van der Waals surface area contributed by atoms with Gasteiger partial charge in [0.05, 0.1) is 12.7 Å². The van der Waals surface area contributed by atoms with Crippen molar-refractivity contribution in [3.63, 3.8) is 0 Å². The number of aliphatic hydroxyl groups excluding tert-OH is 1. The van der Waals surface area contributed by atoms with E-state index >= 15 is 0 Å². The predicted octanol–water partition coefficient (Wildman–Crippen LogP) is 12.4. The minimum atomic E-state index is -0.406. The Morgan fingerprint density at radius 2 is 0.909 bits per heavy atom. The smallest absolute Gasteiger partial charge is 0.168 e. The second-order valence-corrected chi connectivity index (χ2v) is 12.4. The number of unbranched alkanes of at least 4 members (excludes halogenated alkanes) is 12. The van der Waals surface area contributed by atoms with Gasteiger partial charge in [-0.1, -0.05) is 138 Å². The summed E-state index contributed by atoms with van der Waals surface area (Å²) in [6.45, 7) is 5.16. The number of allylic oxidation sites excluding steroid dienone is 12. The molecule has 1 atom stereocenters. The fourth-order valence-corrected chi connectivity index (χ4v) is 5.67. The summed E-state index contributed by atoms with van der Waals surface area (Å²) in [5.74, 6) is -0.406. The Hall–Kier alpha value is -1.68. The maximum atomic E-state index is 9.39. The van der Waals surface area contributed by atoms with E-state index in [1.54, 1.807) is 0 Å². The van der Waals surface area contributed by atoms with E-state index in [0.717, 1.165) is 51.4 Å². The van der Waals surface area contributed by atoms with E-state index < -0.39 is 5.79 Å². The molecule has 0 spiro atoms. The largest absolute Gasteiger partial charge is 0.396 e. The van der Waals surface area contributed by atoms with E-state index in [-0.39, 0.29) is 12.7 Å². The molecule has 1 fully saturated rings. The second-order valence-electron chi connectivity index (χ2n) is 12.4. The fraction of sp³-hybridized carbons (Fsp3) is 0.707. The molecule has 0 aromatic rings. The molecule has 1 rings (SSSR count). The van der Waals surface area contributed by atoms with Gasteiger partial charge in [0.25, 0.3) is 0 Å². The SMILES string of the molecule is CC/C=C\C/C=C\C/C=C\CCCCCCCCC1(CCCCCCCC/C=C\C/C=C\C/C=C\CC)OCC(CCO)O1. The molecule has 0 radical (unpaired) electrons. The maximum Gasteiger partial charge on any atom is 0.168 e. The van der Waals surface area contributed by atoms with Crippen molar-refractivity contribution in [3.8, 4) is 0 Å². The van der Waals surface area contributed by atoms with Crippen LogP contribution in [0.2, 0.25) is 0 Å². The van der Waals surface area contributed by atoms with Gasteiger partial charge >= 0.3 is 0 Å². The number of rotatable bonds is 30. The Bertz CT molecular complexity index is 734. The van der Waals surface area contributed by atoms with Crippen LogP contribution < -0.4 is 0 Å². The van der Waals surface area contributed by atoms with Gasteiger partial charge < -0.3 is 14.6 Å². The first-order valence-corrected chi connectivity index (χ1v) is 18.6. The third kappa shape index (κ3) is 24.6. The van der Waals surface area contributed by atoms with Gasteiger partial charge in [0, 0.05) is 19.4 Å². The standard InChI is InChI=1S/C41H70O3/c1-3-5-7-9-11-13-15-17-19-21-23-25-27-29-31-33-36-41(43-39-40(44-41)35-38-42)37-34-32-30-28-26-24-22-20-18-16-14-12-10-8-6-4-2/h5-8,11-14,17-20,40,42H,3-4,9-10,15-16,21-39H2,1-2H3/b7-5-,8-6-,13-11-,14-12-,19-17-,20-18-. The Morgan fingerprint density at radius 3 is 1.34 bits per heavy atom. The van der Waals surface area contributed by atoms with E-state index in [4.69, 9.17) is 9.47 Å². The zero-order valence-corrected chi connectivity index (χ0v) is 28.9. The summed E-state index contributed by atoms with van der Waals surface area (Å²) >= 11 is 0. The monoisotopic (exact) mass is 611 g/mol. The van der Waals surface area contributed by atoms with Crippen molar-refractivity contribution in [3.05, 3.63) is 72.9 Å². The molecule has 0 bridgehead atoms. The third-order valence-corrected chi connectivity index (χ3v) is 8.28. The Labute approximate surface area is 273 Å². The van der Waals surface area contributed by atoms with Crippen LogP contribution >= 0.6 is 0 Å². The number of hydrogen-bond donors (Lipinski definition) is 1. The van der Waals surface area contributed by atoms with Crippen LogP contribution in [0.3, 0.4) is 0 Å². The van der Waals surface area contributed by atoms with Crippen molar-refractivity contribution < 1.29 is 14.6 Å². The number of aliphatic hydroxyl groups is 1. The third-order valence-electron chi connectivity index (χ3n) is 8.28. The van der Waals surface area contributed by atoms with Gasteiger partial charge in [-0.15, -0.1) is 0 Å². The van der Waals surface area contributed by atoms with E-state index in [1.165, 1.54) is 89.9 Å². The van der Waals surface area contributed by atoms with Crippen molar-refractivity contribution in [2.24, 2.45) is 0 Å². The first-order valence-electron chi connectivity index (χ1n) is 18.6. The molecule has 3 nitrogen and oxygen atoms in total. The molecule has 0 aliphatic carbocycles. The molecule has 0 aromatic heterocycles. The summed E-state index contributed by atoms with van der Waals surface area (Å²) in [5, 5.41) is 9.39. The van der Waals surface area contributed by atoms with Crippen molar-refractivity contribution >= 4 is 0 Å². The first kappa shape index (κ1) is 40.3. The van der Waals surface area contributed by atoms with Crippen LogP contribution in [-0.2, 0) is 9.47 Å². The van der Waals surface area contributed by atoms with Crippen molar-refractivity contribution in [1.82, 2.24) is 0 Å². The van der Waals surface area contributed by atoms with Gasteiger partial charge in [0.15, 0.2) is 5.79 Å². The molecule has 0 amide bonds. The molecule has 1 heterocycles. The second kappa shape index (κ2) is 31.3. The Morgan fingerprint density at radius 1 is 0.523 bits per heavy atom. The predicted molar refractivity (Wildman–Crippen MR) is 193 cm³/mol. The van der Waals surface area contributed by atoms with Crippen LogP contribution in [0.1, 0.15) is 162 Å². The van der Waals surface area contributed by atoms with Gasteiger partial charge in [-0.2, -0.15) is 0 Å². The Balaban J connectivity index is 2.10. The highest BCUT2D eigenvalue weighted by Crippen LogP contribution is 2.35. The van der Waals surface area contributed by atoms with Gasteiger partial charge in [0.2, 0.25) is 0 Å². The summed E-state index contributed by atoms with van der Waals surface area (Å²) in [7, 11) is 0. The molecule has 252 valence electrons. The highest BCUT2D eigenvalue weighted by atomic mass is 16.7. The van der Waals surface area contributed by atoms with E-state index in [2.05, 4.69) is 86.8 Å². The van der Waals surface area contributed by atoms with Gasteiger partial charge in [0.1, 0.15) is 0 Å². The lowest BCUT2D eigenvalue weighted by Crippen LogP contribution is -2.31. The average molecular weight is 611 g/mol. The lowest BCUT2D eigenvalue weighted by atomic mass is 9.98. The van der Waals surface area contributed by atoms with Crippen molar-refractivity contribution in [2.45, 2.75) is 173 Å². The van der Waals surface area contributed by atoms with Crippen LogP contribution in [0, 0.1) is 0 Å². The summed E-state index contributed by atoms with van der Waals surface area (Å²) in [5.41, 5.74) is 0. The van der Waals surface area contributed by atoms with Crippen LogP contribution in [0.15, 0.2) is 72.9 Å². The van der Waals surface area contributed by atoms with Crippen LogP contribution in [0.5, 0.6) is 0 Å². The molecule has 1 saturated heterocycles. The minimum absolute atomic E-state index is 0.0582. The first-order chi connectivity index (χ1) is 21.8. The van der Waals surface area contributed by atoms with Crippen LogP contribution in [0.4, 0.5) is 0 Å². The molecule has 1 N–H and O–H groups in total. The van der Waals surface area contributed by atoms with E-state index in [0.29, 0.717) is 13.0 Å². The zero-order valence-electron chi connectivity index (χ0n) is 28.9. The van der Waals surface area contributed by atoms with Crippen LogP contribution in [-0.4, -0.2) is 30.2 Å². The molecule has 44 heavy (non-hydrogen) atoms. The summed E-state index contributed by atoms with van der Waals surface area (Å²) < 4.78 is 12.7. The van der Waals surface area contributed by atoms with Gasteiger partial charge in [-0.05, 0) is 83.5 Å². The number of hydrogen-bond acceptors (Lipinski definition) is 3. The molecule has 1 unspecified atom stereocenters. The molecule has 0 aromatic carbocycles. The highest BCUT2D eigenvalue weighted by Gasteiger charge is 2.40. The summed E-state index contributed by atoms with van der Waals surface area (Å²) in [6, 6.07) is 0. The molecular formula is C41H70O3. The lowest BCUT2D eigenvalue weighted by Gasteiger charge is -2.28. The average Bonchev–Trinajstić information content (AvgIpc) is 3.43. The zero-order chi connectivity index (χ0) is 31.7. The normalized spacial score (nSPS) is 17.4. The molecule has 1 aliphatic rings. The molecule has 1 aliphatic heterocycles. The lowest BCUT2D eigenvalue weighted by molar-refractivity contribution is -0.180. The van der Waals surface area contributed by atoms with Crippen molar-refractivity contribution in [1.29, 1.82) is 0 Å². The molecule has 0 saturated carbocycles. The van der Waals surface area contributed by atoms with E-state index in [9.17, 15) is 5.11 Å². The quantitative estimate of drug-likeness (QED) is 0.0649. The minimum Gasteiger partial charge on any atom is -0.396 e. The Kier molecular flexibility index (Phi) is 28.7. The molecule has 3 heteroatoms. The summed E-state index contributed by atoms with van der Waals surface area (Å²) in [6.07, 6.45) is 54.2. The fourth-order valence-electron chi connectivity index (χ4n) is 5.67. The van der Waals surface area contributed by atoms with E-state index in [1.807, 2.05) is 0 Å². The number of ether oxygens (including phenoxy) is 2. The topological polar surface area (TPSA) is 38.7 Å². The van der Waals surface area contributed by atoms with Gasteiger partial charge in [-0.3, -0.25) is 0 Å². The highest BCUT2D eigenvalue weighted by molar-refractivity contribution is 4.98. The maximum absolute atomic E-state index is 9.39. The molecular weight excluding hydrogens is 540 g/mol. The van der Waals surface area contributed by atoms with Crippen molar-refractivity contribution in [2.75, 3.05) is 13.2 Å². The summed E-state index contributed by atoms with van der Waals surface area (Å²) in [4.78, 5) is 0. The van der Waals surface area contributed by atoms with Gasteiger partial charge in [-0.25, -0.2) is 0 Å².